The molecule has 0 fully saturated rings. The van der Waals surface area contributed by atoms with Crippen LogP contribution in [-0.4, -0.2) is 16.6 Å². The van der Waals surface area contributed by atoms with Crippen molar-refractivity contribution in [2.75, 3.05) is 11.4 Å². The van der Waals surface area contributed by atoms with Crippen molar-refractivity contribution in [3.05, 3.63) is 59.9 Å². The van der Waals surface area contributed by atoms with Crippen LogP contribution in [0, 0.1) is 0 Å². The van der Waals surface area contributed by atoms with Crippen molar-refractivity contribution in [3.63, 3.8) is 0 Å². The Morgan fingerprint density at radius 1 is 1.16 bits per heavy atom. The molecule has 3 heteroatoms. The van der Waals surface area contributed by atoms with Gasteiger partial charge in [0.25, 0.3) is 0 Å². The minimum Gasteiger partial charge on any atom is -0.389 e. The van der Waals surface area contributed by atoms with Gasteiger partial charge >= 0.3 is 0 Å². The van der Waals surface area contributed by atoms with E-state index in [2.05, 4.69) is 22.9 Å². The number of hydrogen-bond donors (Lipinski definition) is 1. The van der Waals surface area contributed by atoms with Gasteiger partial charge in [-0.2, -0.15) is 0 Å². The zero-order chi connectivity index (χ0) is 13.7. The number of anilines is 1. The van der Waals surface area contributed by atoms with E-state index in [1.807, 2.05) is 42.6 Å². The van der Waals surface area contributed by atoms with Gasteiger partial charge in [-0.1, -0.05) is 24.3 Å². The van der Waals surface area contributed by atoms with Crippen molar-refractivity contribution >= 4 is 5.69 Å². The average Bonchev–Trinajstić information content (AvgIpc) is 2.46. The van der Waals surface area contributed by atoms with Gasteiger partial charge in [-0.25, -0.2) is 0 Å². The molecule has 0 aliphatic rings. The molecule has 3 nitrogen and oxygen atoms in total. The summed E-state index contributed by atoms with van der Waals surface area (Å²) in [5, 5.41) is 9.87. The molecule has 0 aliphatic carbocycles. The highest BCUT2D eigenvalue weighted by atomic mass is 16.3. The van der Waals surface area contributed by atoms with Gasteiger partial charge in [0, 0.05) is 24.0 Å². The molecule has 1 aromatic heterocycles. The minimum absolute atomic E-state index is 0.464. The maximum atomic E-state index is 9.87. The fraction of sp³-hybridized carbons (Fsp3) is 0.312. The van der Waals surface area contributed by atoms with E-state index in [4.69, 9.17) is 0 Å². The molecule has 0 saturated heterocycles. The molecule has 1 heterocycles. The second-order valence-electron chi connectivity index (χ2n) is 4.57. The van der Waals surface area contributed by atoms with Crippen molar-refractivity contribution in [3.8, 4) is 0 Å². The predicted octanol–water partition coefficient (Wildman–Crippen LogP) is 3.16. The molecule has 2 aromatic rings. The van der Waals surface area contributed by atoms with Crippen molar-refractivity contribution in [1.29, 1.82) is 0 Å². The third-order valence-corrected chi connectivity index (χ3v) is 3.19. The standard InChI is InChI=1S/C16H20N2O/c1-3-18(12-14-8-6-7-11-17-14)16-10-5-4-9-15(16)13(2)19/h4-11,13,19H,3,12H2,1-2H3/t13-/m1/s1. The monoisotopic (exact) mass is 256 g/mol. The summed E-state index contributed by atoms with van der Waals surface area (Å²) in [6, 6.07) is 13.9. The van der Waals surface area contributed by atoms with Crippen LogP contribution in [-0.2, 0) is 6.54 Å². The molecule has 19 heavy (non-hydrogen) atoms. The predicted molar refractivity (Wildman–Crippen MR) is 78.0 cm³/mol. The van der Waals surface area contributed by atoms with E-state index in [1.54, 1.807) is 6.92 Å². The maximum Gasteiger partial charge on any atom is 0.0781 e. The lowest BCUT2D eigenvalue weighted by molar-refractivity contribution is 0.199. The second-order valence-corrected chi connectivity index (χ2v) is 4.57. The van der Waals surface area contributed by atoms with Crippen molar-refractivity contribution in [2.45, 2.75) is 26.5 Å². The first-order valence-corrected chi connectivity index (χ1v) is 6.64. The first-order valence-electron chi connectivity index (χ1n) is 6.64. The summed E-state index contributed by atoms with van der Waals surface area (Å²) in [5.74, 6) is 0. The number of nitrogens with zero attached hydrogens (tertiary/aromatic N) is 2. The quantitative estimate of drug-likeness (QED) is 0.892. The van der Waals surface area contributed by atoms with E-state index in [-0.39, 0.29) is 0 Å². The highest BCUT2D eigenvalue weighted by molar-refractivity contribution is 5.54. The molecule has 0 aliphatic heterocycles. The number of benzene rings is 1. The third kappa shape index (κ3) is 3.32. The Morgan fingerprint density at radius 3 is 2.53 bits per heavy atom. The van der Waals surface area contributed by atoms with E-state index >= 15 is 0 Å². The smallest absolute Gasteiger partial charge is 0.0781 e. The summed E-state index contributed by atoms with van der Waals surface area (Å²) < 4.78 is 0. The zero-order valence-corrected chi connectivity index (χ0v) is 11.5. The topological polar surface area (TPSA) is 36.4 Å². The fourth-order valence-corrected chi connectivity index (χ4v) is 2.18. The zero-order valence-electron chi connectivity index (χ0n) is 11.5. The number of pyridine rings is 1. The van der Waals surface area contributed by atoms with E-state index in [0.29, 0.717) is 0 Å². The van der Waals surface area contributed by atoms with Crippen molar-refractivity contribution in [2.24, 2.45) is 0 Å². The summed E-state index contributed by atoms with van der Waals surface area (Å²) in [5.41, 5.74) is 3.07. The van der Waals surface area contributed by atoms with Crippen LogP contribution in [0.1, 0.15) is 31.2 Å². The Morgan fingerprint density at radius 2 is 1.89 bits per heavy atom. The van der Waals surface area contributed by atoms with Crippen LogP contribution in [0.15, 0.2) is 48.7 Å². The van der Waals surface area contributed by atoms with Gasteiger partial charge in [0.15, 0.2) is 0 Å². The van der Waals surface area contributed by atoms with Crippen LogP contribution in [0.2, 0.25) is 0 Å². The second kappa shape index (κ2) is 6.34. The highest BCUT2D eigenvalue weighted by Gasteiger charge is 2.13. The number of aromatic nitrogens is 1. The molecule has 2 rings (SSSR count). The Kier molecular flexibility index (Phi) is 4.53. The fourth-order valence-electron chi connectivity index (χ4n) is 2.18. The Labute approximate surface area is 114 Å². The Balaban J connectivity index is 2.27. The third-order valence-electron chi connectivity index (χ3n) is 3.19. The van der Waals surface area contributed by atoms with Crippen LogP contribution in [0.5, 0.6) is 0 Å². The van der Waals surface area contributed by atoms with Gasteiger partial charge in [0.2, 0.25) is 0 Å². The van der Waals surface area contributed by atoms with Crippen molar-refractivity contribution < 1.29 is 5.11 Å². The van der Waals surface area contributed by atoms with Crippen LogP contribution >= 0.6 is 0 Å². The number of rotatable bonds is 5. The highest BCUT2D eigenvalue weighted by Crippen LogP contribution is 2.26. The molecule has 1 aromatic carbocycles. The Hall–Kier alpha value is -1.87. The number of aliphatic hydroxyl groups excluding tert-OH is 1. The first-order chi connectivity index (χ1) is 9.22. The lowest BCUT2D eigenvalue weighted by Gasteiger charge is -2.26. The molecule has 0 saturated carbocycles. The van der Waals surface area contributed by atoms with Crippen molar-refractivity contribution in [1.82, 2.24) is 4.98 Å². The normalized spacial score (nSPS) is 12.2. The Bertz CT molecular complexity index is 511. The lowest BCUT2D eigenvalue weighted by Crippen LogP contribution is -2.24. The molecular formula is C16H20N2O. The van der Waals surface area contributed by atoms with E-state index < -0.39 is 6.10 Å². The molecule has 1 N–H and O–H groups in total. The summed E-state index contributed by atoms with van der Waals surface area (Å²) in [4.78, 5) is 6.59. The molecule has 0 unspecified atom stereocenters. The van der Waals surface area contributed by atoms with Gasteiger partial charge in [0.05, 0.1) is 18.3 Å². The first kappa shape index (κ1) is 13.6. The molecule has 0 bridgehead atoms. The van der Waals surface area contributed by atoms with Gasteiger partial charge in [-0.05, 0) is 32.0 Å². The molecule has 1 atom stereocenters. The number of para-hydroxylation sites is 1. The summed E-state index contributed by atoms with van der Waals surface area (Å²) in [7, 11) is 0. The van der Waals surface area contributed by atoms with Gasteiger partial charge in [-0.15, -0.1) is 0 Å². The number of aliphatic hydroxyl groups is 1. The maximum absolute atomic E-state index is 9.87. The summed E-state index contributed by atoms with van der Waals surface area (Å²) in [6.07, 6.45) is 1.35. The van der Waals surface area contributed by atoms with Gasteiger partial charge in [-0.3, -0.25) is 4.98 Å². The van der Waals surface area contributed by atoms with E-state index in [9.17, 15) is 5.11 Å². The van der Waals surface area contributed by atoms with Crippen LogP contribution in [0.4, 0.5) is 5.69 Å². The molecule has 0 radical (unpaired) electrons. The number of hydrogen-bond acceptors (Lipinski definition) is 3. The van der Waals surface area contributed by atoms with Crippen LogP contribution in [0.3, 0.4) is 0 Å². The van der Waals surface area contributed by atoms with Crippen LogP contribution in [0.25, 0.3) is 0 Å². The SMILES string of the molecule is CCN(Cc1ccccn1)c1ccccc1[C@@H](C)O. The van der Waals surface area contributed by atoms with E-state index in [0.717, 1.165) is 30.0 Å². The molecule has 0 amide bonds. The molecule has 100 valence electrons. The lowest BCUT2D eigenvalue weighted by atomic mass is 10.1. The average molecular weight is 256 g/mol. The van der Waals surface area contributed by atoms with E-state index in [1.165, 1.54) is 0 Å². The molecular weight excluding hydrogens is 236 g/mol. The molecule has 0 spiro atoms. The largest absolute Gasteiger partial charge is 0.389 e. The minimum atomic E-state index is -0.464. The van der Waals surface area contributed by atoms with Crippen LogP contribution < -0.4 is 4.90 Å². The van der Waals surface area contributed by atoms with Gasteiger partial charge < -0.3 is 10.0 Å². The summed E-state index contributed by atoms with van der Waals surface area (Å²) >= 11 is 0. The van der Waals surface area contributed by atoms with Gasteiger partial charge in [0.1, 0.15) is 0 Å². The summed E-state index contributed by atoms with van der Waals surface area (Å²) in [6.45, 7) is 5.54.